The summed E-state index contributed by atoms with van der Waals surface area (Å²) in [6, 6.07) is 5.10. The Labute approximate surface area is 190 Å². The van der Waals surface area contributed by atoms with Crippen LogP contribution >= 0.6 is 0 Å². The lowest BCUT2D eigenvalue weighted by Crippen LogP contribution is -2.54. The molecule has 0 spiro atoms. The minimum atomic E-state index is -1.39. The Morgan fingerprint density at radius 3 is 2.22 bits per heavy atom. The number of aliphatic hydroxyl groups is 1. The van der Waals surface area contributed by atoms with Gasteiger partial charge in [0.05, 0.1) is 6.61 Å². The largest absolute Gasteiger partial charge is 0.444 e. The van der Waals surface area contributed by atoms with E-state index in [1.807, 2.05) is 40.7 Å². The van der Waals surface area contributed by atoms with Crippen LogP contribution in [0.2, 0.25) is 0 Å². The molecule has 0 aromatic heterocycles. The predicted molar refractivity (Wildman–Crippen MR) is 122 cm³/mol. The molecule has 0 aliphatic carbocycles. The van der Waals surface area contributed by atoms with E-state index in [1.54, 1.807) is 32.9 Å². The summed E-state index contributed by atoms with van der Waals surface area (Å²) in [5, 5.41) is 15.0. The van der Waals surface area contributed by atoms with Gasteiger partial charge < -0.3 is 20.5 Å². The number of amides is 3. The molecule has 0 bridgehead atoms. The normalized spacial score (nSPS) is 13.4. The lowest BCUT2D eigenvalue weighted by Gasteiger charge is -2.33. The van der Waals surface area contributed by atoms with E-state index < -0.39 is 47.7 Å². The summed E-state index contributed by atoms with van der Waals surface area (Å²) in [5.41, 5.74) is 0.891. The summed E-state index contributed by atoms with van der Waals surface area (Å²) in [5.74, 6) is -1.29. The Morgan fingerprint density at radius 1 is 1.16 bits per heavy atom. The summed E-state index contributed by atoms with van der Waals surface area (Å²) >= 11 is 0. The Morgan fingerprint density at radius 2 is 1.75 bits per heavy atom. The standard InChI is InChI=1S/C24H35N3O5/c1-10-27(21(30)18(14-28)25-22(31)32-24(7,8)9)19(20(29)26-23(4,5)6)17-13-11-12-15(2)16(17)3/h1,11-13,18-19,28H,14H2,2-9H3,(H,25,31)(H,26,29). The van der Waals surface area contributed by atoms with E-state index in [9.17, 15) is 19.5 Å². The van der Waals surface area contributed by atoms with Gasteiger partial charge in [0.15, 0.2) is 0 Å². The van der Waals surface area contributed by atoms with Crippen molar-refractivity contribution in [2.75, 3.05) is 6.61 Å². The average molecular weight is 446 g/mol. The van der Waals surface area contributed by atoms with Crippen molar-refractivity contribution in [1.29, 1.82) is 0 Å². The molecule has 3 amide bonds. The van der Waals surface area contributed by atoms with Gasteiger partial charge in [-0.2, -0.15) is 0 Å². The van der Waals surface area contributed by atoms with Crippen molar-refractivity contribution in [2.24, 2.45) is 0 Å². The number of hydrogen-bond acceptors (Lipinski definition) is 5. The third-order valence-corrected chi connectivity index (χ3v) is 4.49. The number of nitrogens with zero attached hydrogens (tertiary/aromatic N) is 1. The molecule has 1 rings (SSSR count). The zero-order valence-corrected chi connectivity index (χ0v) is 20.2. The number of carbonyl (C=O) groups is 3. The van der Waals surface area contributed by atoms with E-state index in [4.69, 9.17) is 11.2 Å². The Bertz CT molecular complexity index is 890. The molecule has 1 aromatic rings. The summed E-state index contributed by atoms with van der Waals surface area (Å²) in [6.07, 6.45) is 4.79. The topological polar surface area (TPSA) is 108 Å². The van der Waals surface area contributed by atoms with Crippen LogP contribution in [-0.4, -0.2) is 51.7 Å². The average Bonchev–Trinajstić information content (AvgIpc) is 2.63. The molecule has 32 heavy (non-hydrogen) atoms. The fourth-order valence-corrected chi connectivity index (χ4v) is 2.97. The van der Waals surface area contributed by atoms with Crippen molar-refractivity contribution in [3.63, 3.8) is 0 Å². The van der Waals surface area contributed by atoms with Crippen molar-refractivity contribution in [3.8, 4) is 12.5 Å². The molecule has 0 aliphatic heterocycles. The molecule has 8 heteroatoms. The van der Waals surface area contributed by atoms with E-state index in [0.717, 1.165) is 16.0 Å². The second kappa shape index (κ2) is 10.5. The highest BCUT2D eigenvalue weighted by molar-refractivity contribution is 5.93. The van der Waals surface area contributed by atoms with Crippen LogP contribution in [0.25, 0.3) is 0 Å². The highest BCUT2D eigenvalue weighted by Crippen LogP contribution is 2.27. The molecule has 176 valence electrons. The van der Waals surface area contributed by atoms with E-state index in [2.05, 4.69) is 16.7 Å². The SMILES string of the molecule is C#CN(C(=O)C(CO)NC(=O)OC(C)(C)C)C(C(=O)NC(C)(C)C)c1cccc(C)c1C. The fourth-order valence-electron chi connectivity index (χ4n) is 2.97. The maximum Gasteiger partial charge on any atom is 0.408 e. The van der Waals surface area contributed by atoms with Gasteiger partial charge in [-0.05, 0) is 72.1 Å². The number of terminal acetylenes is 1. The highest BCUT2D eigenvalue weighted by atomic mass is 16.6. The van der Waals surface area contributed by atoms with Crippen LogP contribution in [0.3, 0.4) is 0 Å². The molecular weight excluding hydrogens is 410 g/mol. The first kappa shape index (κ1) is 27.0. The van der Waals surface area contributed by atoms with Crippen molar-refractivity contribution >= 4 is 17.9 Å². The number of rotatable bonds is 6. The Balaban J connectivity index is 3.40. The highest BCUT2D eigenvalue weighted by Gasteiger charge is 2.37. The molecule has 0 saturated heterocycles. The summed E-state index contributed by atoms with van der Waals surface area (Å²) in [7, 11) is 0. The number of alkyl carbamates (subject to hydrolysis) is 1. The number of nitrogens with one attached hydrogen (secondary N) is 2. The maximum absolute atomic E-state index is 13.3. The zero-order chi connectivity index (χ0) is 24.9. The van der Waals surface area contributed by atoms with Gasteiger partial charge in [0, 0.05) is 11.6 Å². The monoisotopic (exact) mass is 445 g/mol. The molecule has 3 N–H and O–H groups in total. The molecule has 0 heterocycles. The number of hydrogen-bond donors (Lipinski definition) is 3. The van der Waals surface area contributed by atoms with E-state index >= 15 is 0 Å². The second-order valence-electron chi connectivity index (χ2n) is 9.65. The molecule has 2 atom stereocenters. The van der Waals surface area contributed by atoms with Crippen molar-refractivity contribution in [3.05, 3.63) is 34.9 Å². The van der Waals surface area contributed by atoms with Gasteiger partial charge in [-0.3, -0.25) is 14.5 Å². The third kappa shape index (κ3) is 7.57. The lowest BCUT2D eigenvalue weighted by atomic mass is 9.94. The number of benzene rings is 1. The van der Waals surface area contributed by atoms with Crippen LogP contribution in [0.1, 0.15) is 64.3 Å². The molecule has 0 saturated carbocycles. The van der Waals surface area contributed by atoms with Crippen LogP contribution in [0.15, 0.2) is 18.2 Å². The van der Waals surface area contributed by atoms with E-state index in [0.29, 0.717) is 5.56 Å². The van der Waals surface area contributed by atoms with Crippen LogP contribution in [0.5, 0.6) is 0 Å². The minimum absolute atomic E-state index is 0.480. The van der Waals surface area contributed by atoms with Crippen LogP contribution in [-0.2, 0) is 14.3 Å². The Kier molecular flexibility index (Phi) is 8.86. The van der Waals surface area contributed by atoms with Crippen molar-refractivity contribution < 1.29 is 24.2 Å². The van der Waals surface area contributed by atoms with Crippen LogP contribution < -0.4 is 10.6 Å². The number of aryl methyl sites for hydroxylation is 1. The Hall–Kier alpha value is -3.05. The summed E-state index contributed by atoms with van der Waals surface area (Å²) < 4.78 is 5.16. The number of aliphatic hydroxyl groups excluding tert-OH is 1. The van der Waals surface area contributed by atoms with Crippen molar-refractivity contribution in [1.82, 2.24) is 15.5 Å². The smallest absolute Gasteiger partial charge is 0.408 e. The van der Waals surface area contributed by atoms with Gasteiger partial charge in [0.1, 0.15) is 17.7 Å². The van der Waals surface area contributed by atoms with E-state index in [-0.39, 0.29) is 0 Å². The van der Waals surface area contributed by atoms with Gasteiger partial charge in [0.2, 0.25) is 5.91 Å². The van der Waals surface area contributed by atoms with Crippen LogP contribution in [0, 0.1) is 26.3 Å². The van der Waals surface area contributed by atoms with Gasteiger partial charge >= 0.3 is 6.09 Å². The maximum atomic E-state index is 13.3. The quantitative estimate of drug-likeness (QED) is 0.461. The number of carbonyl (C=O) groups excluding carboxylic acids is 3. The molecule has 8 nitrogen and oxygen atoms in total. The van der Waals surface area contributed by atoms with E-state index in [1.165, 1.54) is 0 Å². The molecule has 0 fully saturated rings. The lowest BCUT2D eigenvalue weighted by molar-refractivity contribution is -0.139. The third-order valence-electron chi connectivity index (χ3n) is 4.49. The van der Waals surface area contributed by atoms with Gasteiger partial charge in [0.25, 0.3) is 5.91 Å². The predicted octanol–water partition coefficient (Wildman–Crippen LogP) is 2.56. The van der Waals surface area contributed by atoms with Gasteiger partial charge in [-0.15, -0.1) is 0 Å². The van der Waals surface area contributed by atoms with Gasteiger partial charge in [-0.1, -0.05) is 24.6 Å². The first-order valence-electron chi connectivity index (χ1n) is 10.4. The molecule has 1 aromatic carbocycles. The molecule has 0 aliphatic rings. The first-order valence-corrected chi connectivity index (χ1v) is 10.4. The minimum Gasteiger partial charge on any atom is -0.444 e. The van der Waals surface area contributed by atoms with Crippen molar-refractivity contribution in [2.45, 2.75) is 78.6 Å². The first-order chi connectivity index (χ1) is 14.6. The summed E-state index contributed by atoms with van der Waals surface area (Å²) in [4.78, 5) is 39.6. The summed E-state index contributed by atoms with van der Waals surface area (Å²) in [6.45, 7) is 13.5. The van der Waals surface area contributed by atoms with Gasteiger partial charge in [-0.25, -0.2) is 4.79 Å². The molecular formula is C24H35N3O5. The number of ether oxygens (including phenoxy) is 1. The fraction of sp³-hybridized carbons (Fsp3) is 0.542. The molecule has 2 unspecified atom stereocenters. The zero-order valence-electron chi connectivity index (χ0n) is 20.2. The second-order valence-corrected chi connectivity index (χ2v) is 9.65. The van der Waals surface area contributed by atoms with Crippen LogP contribution in [0.4, 0.5) is 4.79 Å². The molecule has 0 radical (unpaired) electrons.